The van der Waals surface area contributed by atoms with Gasteiger partial charge in [-0.25, -0.2) is 19.6 Å². The smallest absolute Gasteiger partial charge is 0.229 e. The number of piperidine rings is 1. The van der Waals surface area contributed by atoms with Gasteiger partial charge in [-0.15, -0.1) is 0 Å². The van der Waals surface area contributed by atoms with Crippen LogP contribution in [0.4, 0.5) is 11.5 Å². The molecule has 3 aromatic rings. The average Bonchev–Trinajstić information content (AvgIpc) is 3.34. The van der Waals surface area contributed by atoms with Gasteiger partial charge in [-0.05, 0) is 25.0 Å². The lowest BCUT2D eigenvalue weighted by Crippen LogP contribution is -2.41. The van der Waals surface area contributed by atoms with Crippen molar-refractivity contribution in [2.45, 2.75) is 12.8 Å². The van der Waals surface area contributed by atoms with E-state index in [1.165, 1.54) is 12.7 Å². The summed E-state index contributed by atoms with van der Waals surface area (Å²) >= 11 is 0. The van der Waals surface area contributed by atoms with E-state index in [0.717, 1.165) is 25.2 Å². The number of nitrogens with one attached hydrogen (secondary N) is 1. The van der Waals surface area contributed by atoms with Crippen molar-refractivity contribution in [3.63, 3.8) is 0 Å². The van der Waals surface area contributed by atoms with Crippen molar-refractivity contribution >= 4 is 17.4 Å². The predicted molar refractivity (Wildman–Crippen MR) is 110 cm³/mol. The number of hydrogen-bond donors (Lipinski definition) is 1. The molecule has 0 saturated carbocycles. The summed E-state index contributed by atoms with van der Waals surface area (Å²) in [7, 11) is 3.15. The molecular formula is C20H23N7O3. The SMILES string of the molecule is COc1ccc(NC(=O)C2CCCN(c3cc(-n4cncn4)ncn3)C2)c(OC)c1. The van der Waals surface area contributed by atoms with E-state index in [-0.39, 0.29) is 11.8 Å². The topological polar surface area (TPSA) is 107 Å². The number of nitrogens with zero attached hydrogens (tertiary/aromatic N) is 6. The number of rotatable bonds is 6. The summed E-state index contributed by atoms with van der Waals surface area (Å²) < 4.78 is 12.2. The molecule has 0 spiro atoms. The van der Waals surface area contributed by atoms with Crippen LogP contribution in [0.25, 0.3) is 5.82 Å². The summed E-state index contributed by atoms with van der Waals surface area (Å²) in [6.45, 7) is 1.39. The normalized spacial score (nSPS) is 16.2. The molecule has 156 valence electrons. The summed E-state index contributed by atoms with van der Waals surface area (Å²) in [5, 5.41) is 7.09. The Morgan fingerprint density at radius 1 is 1.13 bits per heavy atom. The van der Waals surface area contributed by atoms with Crippen LogP contribution in [0.5, 0.6) is 11.5 Å². The van der Waals surface area contributed by atoms with E-state index < -0.39 is 0 Å². The van der Waals surface area contributed by atoms with Crippen LogP contribution >= 0.6 is 0 Å². The van der Waals surface area contributed by atoms with Crippen LogP contribution < -0.4 is 19.7 Å². The van der Waals surface area contributed by atoms with Crippen molar-refractivity contribution in [3.05, 3.63) is 43.2 Å². The van der Waals surface area contributed by atoms with Gasteiger partial charge in [0.15, 0.2) is 5.82 Å². The van der Waals surface area contributed by atoms with Gasteiger partial charge in [-0.3, -0.25) is 4.79 Å². The number of benzene rings is 1. The van der Waals surface area contributed by atoms with Crippen LogP contribution in [0, 0.1) is 5.92 Å². The maximum atomic E-state index is 12.9. The van der Waals surface area contributed by atoms with Crippen molar-refractivity contribution in [1.29, 1.82) is 0 Å². The van der Waals surface area contributed by atoms with Gasteiger partial charge in [0.2, 0.25) is 5.91 Å². The Hall–Kier alpha value is -3.69. The molecule has 1 saturated heterocycles. The highest BCUT2D eigenvalue weighted by Gasteiger charge is 2.27. The third-order valence-electron chi connectivity index (χ3n) is 5.07. The molecule has 0 bridgehead atoms. The molecule has 1 atom stereocenters. The molecule has 1 N–H and O–H groups in total. The lowest BCUT2D eigenvalue weighted by molar-refractivity contribution is -0.120. The second-order valence-electron chi connectivity index (χ2n) is 6.92. The minimum Gasteiger partial charge on any atom is -0.497 e. The fraction of sp³-hybridized carbons (Fsp3) is 0.350. The van der Waals surface area contributed by atoms with Crippen LogP contribution in [-0.2, 0) is 4.79 Å². The minimum atomic E-state index is -0.171. The predicted octanol–water partition coefficient (Wildman–Crippen LogP) is 1.93. The van der Waals surface area contributed by atoms with Gasteiger partial charge in [0.1, 0.15) is 36.3 Å². The number of hydrogen-bond acceptors (Lipinski definition) is 8. The fourth-order valence-corrected chi connectivity index (χ4v) is 3.50. The molecule has 0 aliphatic carbocycles. The van der Waals surface area contributed by atoms with E-state index in [2.05, 4.69) is 30.3 Å². The number of carbonyl (C=O) groups excluding carboxylic acids is 1. The standard InChI is InChI=1S/C20H23N7O3/c1-29-15-5-6-16(17(8-15)30-2)25-20(28)14-4-3-7-26(10-14)18-9-19(23-12-22-18)27-13-21-11-24-27/h5-6,8-9,11-14H,3-4,7,10H2,1-2H3,(H,25,28). The molecule has 1 unspecified atom stereocenters. The van der Waals surface area contributed by atoms with Crippen molar-refractivity contribution in [2.24, 2.45) is 5.92 Å². The van der Waals surface area contributed by atoms with Gasteiger partial charge in [0.25, 0.3) is 0 Å². The van der Waals surface area contributed by atoms with Crippen LogP contribution in [0.15, 0.2) is 43.2 Å². The van der Waals surface area contributed by atoms with Gasteiger partial charge in [-0.2, -0.15) is 5.10 Å². The van der Waals surface area contributed by atoms with Crippen LogP contribution in [0.1, 0.15) is 12.8 Å². The molecule has 30 heavy (non-hydrogen) atoms. The number of anilines is 2. The van der Waals surface area contributed by atoms with E-state index in [1.54, 1.807) is 43.4 Å². The van der Waals surface area contributed by atoms with Crippen molar-refractivity contribution in [3.8, 4) is 17.3 Å². The second kappa shape index (κ2) is 8.76. The monoisotopic (exact) mass is 409 g/mol. The number of methoxy groups -OCH3 is 2. The molecule has 4 rings (SSSR count). The summed E-state index contributed by atoms with van der Waals surface area (Å²) in [4.78, 5) is 27.6. The zero-order valence-corrected chi connectivity index (χ0v) is 16.9. The van der Waals surface area contributed by atoms with Crippen molar-refractivity contribution < 1.29 is 14.3 Å². The molecule has 1 aliphatic heterocycles. The Morgan fingerprint density at radius 3 is 2.77 bits per heavy atom. The first-order valence-electron chi connectivity index (χ1n) is 9.63. The first-order valence-corrected chi connectivity index (χ1v) is 9.63. The first kappa shape index (κ1) is 19.6. The highest BCUT2D eigenvalue weighted by molar-refractivity contribution is 5.94. The largest absolute Gasteiger partial charge is 0.497 e. The Balaban J connectivity index is 1.47. The van der Waals surface area contributed by atoms with E-state index >= 15 is 0 Å². The molecule has 1 amide bonds. The summed E-state index contributed by atoms with van der Waals surface area (Å²) in [6.07, 6.45) is 6.23. The molecule has 1 fully saturated rings. The van der Waals surface area contributed by atoms with Crippen molar-refractivity contribution in [1.82, 2.24) is 24.7 Å². The number of amides is 1. The van der Waals surface area contributed by atoms with E-state index in [0.29, 0.717) is 29.5 Å². The van der Waals surface area contributed by atoms with E-state index in [1.807, 2.05) is 6.07 Å². The molecule has 0 radical (unpaired) electrons. The van der Waals surface area contributed by atoms with Gasteiger partial charge in [0, 0.05) is 25.2 Å². The molecular weight excluding hydrogens is 386 g/mol. The molecule has 1 aliphatic rings. The van der Waals surface area contributed by atoms with Gasteiger partial charge >= 0.3 is 0 Å². The first-order chi connectivity index (χ1) is 14.7. The molecule has 3 heterocycles. The van der Waals surface area contributed by atoms with E-state index in [9.17, 15) is 4.79 Å². The average molecular weight is 409 g/mol. The Kier molecular flexibility index (Phi) is 5.73. The third-order valence-corrected chi connectivity index (χ3v) is 5.07. The molecule has 10 heteroatoms. The maximum Gasteiger partial charge on any atom is 0.229 e. The summed E-state index contributed by atoms with van der Waals surface area (Å²) in [6, 6.07) is 7.17. The van der Waals surface area contributed by atoms with Crippen LogP contribution in [0.3, 0.4) is 0 Å². The zero-order chi connectivity index (χ0) is 20.9. The summed E-state index contributed by atoms with van der Waals surface area (Å²) in [5.41, 5.74) is 0.621. The number of carbonyl (C=O) groups is 1. The quantitative estimate of drug-likeness (QED) is 0.658. The lowest BCUT2D eigenvalue weighted by Gasteiger charge is -2.33. The van der Waals surface area contributed by atoms with Gasteiger partial charge in [-0.1, -0.05) is 0 Å². The van der Waals surface area contributed by atoms with E-state index in [4.69, 9.17) is 9.47 Å². The molecule has 1 aromatic carbocycles. The third kappa shape index (κ3) is 4.17. The molecule has 10 nitrogen and oxygen atoms in total. The lowest BCUT2D eigenvalue weighted by atomic mass is 9.97. The van der Waals surface area contributed by atoms with Crippen molar-refractivity contribution in [2.75, 3.05) is 37.5 Å². The maximum absolute atomic E-state index is 12.9. The second-order valence-corrected chi connectivity index (χ2v) is 6.92. The Morgan fingerprint density at radius 2 is 2.00 bits per heavy atom. The Bertz CT molecular complexity index is 1010. The van der Waals surface area contributed by atoms with Gasteiger partial charge in [0.05, 0.1) is 25.8 Å². The molecule has 2 aromatic heterocycles. The highest BCUT2D eigenvalue weighted by Crippen LogP contribution is 2.30. The van der Waals surface area contributed by atoms with Crippen LogP contribution in [-0.4, -0.2) is 57.9 Å². The minimum absolute atomic E-state index is 0.0475. The summed E-state index contributed by atoms with van der Waals surface area (Å²) in [5.74, 6) is 2.40. The number of ether oxygens (including phenoxy) is 2. The fourth-order valence-electron chi connectivity index (χ4n) is 3.50. The van der Waals surface area contributed by atoms with Crippen LogP contribution in [0.2, 0.25) is 0 Å². The zero-order valence-electron chi connectivity index (χ0n) is 16.9. The highest BCUT2D eigenvalue weighted by atomic mass is 16.5. The number of aromatic nitrogens is 5. The van der Waals surface area contributed by atoms with Gasteiger partial charge < -0.3 is 19.7 Å². The Labute approximate surface area is 173 Å².